The standard InChI is InChI=1S/C27H28N4O4S/c1-5-34-23-12-17(6-10-22(23)35-25-11-8-19(16-29-25)31(32)33)15-30-26-21(14-28)20-9-7-18(27(2,3)4)13-24(20)36-26/h6,8,10-12,15-16,18H,5,7,9,13H2,1-4H3/t18-/m0/s1. The molecule has 1 aliphatic rings. The summed E-state index contributed by atoms with van der Waals surface area (Å²) in [5.74, 6) is 1.76. The van der Waals surface area contributed by atoms with Crippen LogP contribution < -0.4 is 9.47 Å². The monoisotopic (exact) mass is 504 g/mol. The summed E-state index contributed by atoms with van der Waals surface area (Å²) in [5.41, 5.74) is 2.77. The van der Waals surface area contributed by atoms with Gasteiger partial charge in [0.25, 0.3) is 5.69 Å². The lowest BCUT2D eigenvalue weighted by Crippen LogP contribution is -2.26. The second-order valence-electron chi connectivity index (χ2n) is 9.71. The van der Waals surface area contributed by atoms with Crippen LogP contribution in [0.5, 0.6) is 17.4 Å². The summed E-state index contributed by atoms with van der Waals surface area (Å²) >= 11 is 1.62. The molecule has 8 nitrogen and oxygen atoms in total. The van der Waals surface area contributed by atoms with Crippen LogP contribution in [0.4, 0.5) is 10.7 Å². The van der Waals surface area contributed by atoms with Crippen molar-refractivity contribution >= 4 is 28.2 Å². The predicted octanol–water partition coefficient (Wildman–Crippen LogP) is 7.02. The molecule has 186 valence electrons. The Morgan fingerprint density at radius 2 is 2.11 bits per heavy atom. The molecule has 0 aliphatic heterocycles. The SMILES string of the molecule is CCOc1cc(C=Nc2sc3c(c2C#N)CC[C@H](C(C)(C)C)C3)ccc1Oc1ccc([N+](=O)[O-])cn1. The van der Waals surface area contributed by atoms with Crippen molar-refractivity contribution < 1.29 is 14.4 Å². The molecule has 0 saturated heterocycles. The first-order chi connectivity index (χ1) is 17.2. The van der Waals surface area contributed by atoms with Gasteiger partial charge in [-0.25, -0.2) is 9.98 Å². The van der Waals surface area contributed by atoms with E-state index < -0.39 is 4.92 Å². The third kappa shape index (κ3) is 5.55. The van der Waals surface area contributed by atoms with E-state index in [0.717, 1.165) is 41.6 Å². The lowest BCUT2D eigenvalue weighted by atomic mass is 9.72. The molecule has 0 N–H and O–H groups in total. The number of nitro groups is 1. The van der Waals surface area contributed by atoms with E-state index in [2.05, 4.69) is 36.8 Å². The zero-order valence-corrected chi connectivity index (χ0v) is 21.6. The van der Waals surface area contributed by atoms with Crippen molar-refractivity contribution in [3.8, 4) is 23.4 Å². The molecular formula is C27H28N4O4S. The molecule has 0 radical (unpaired) electrons. The van der Waals surface area contributed by atoms with Gasteiger partial charge in [-0.05, 0) is 66.8 Å². The lowest BCUT2D eigenvalue weighted by Gasteiger charge is -2.33. The van der Waals surface area contributed by atoms with Crippen LogP contribution in [0, 0.1) is 32.8 Å². The highest BCUT2D eigenvalue weighted by Gasteiger charge is 2.32. The highest BCUT2D eigenvalue weighted by molar-refractivity contribution is 7.16. The molecule has 0 fully saturated rings. The third-order valence-corrected chi connectivity index (χ3v) is 7.49. The van der Waals surface area contributed by atoms with E-state index in [-0.39, 0.29) is 17.0 Å². The van der Waals surface area contributed by atoms with Crippen LogP contribution in [0.25, 0.3) is 0 Å². The van der Waals surface area contributed by atoms with E-state index in [1.807, 2.05) is 19.1 Å². The van der Waals surface area contributed by atoms with Gasteiger partial charge in [-0.3, -0.25) is 10.1 Å². The molecule has 2 aromatic heterocycles. The van der Waals surface area contributed by atoms with E-state index in [0.29, 0.717) is 29.6 Å². The predicted molar refractivity (Wildman–Crippen MR) is 140 cm³/mol. The summed E-state index contributed by atoms with van der Waals surface area (Å²) in [4.78, 5) is 20.3. The van der Waals surface area contributed by atoms with Gasteiger partial charge in [0.05, 0.1) is 17.1 Å². The Morgan fingerprint density at radius 3 is 2.75 bits per heavy atom. The molecule has 3 aromatic rings. The number of aliphatic imine (C=N–C) groups is 1. The third-order valence-electron chi connectivity index (χ3n) is 6.33. The van der Waals surface area contributed by atoms with Crippen LogP contribution in [-0.2, 0) is 12.8 Å². The number of nitriles is 1. The molecule has 36 heavy (non-hydrogen) atoms. The Labute approximate surface area is 214 Å². The Morgan fingerprint density at radius 1 is 1.31 bits per heavy atom. The maximum Gasteiger partial charge on any atom is 0.287 e. The summed E-state index contributed by atoms with van der Waals surface area (Å²) in [5, 5.41) is 21.4. The first kappa shape index (κ1) is 25.3. The van der Waals surface area contributed by atoms with Crippen molar-refractivity contribution in [1.82, 2.24) is 4.98 Å². The van der Waals surface area contributed by atoms with Gasteiger partial charge in [-0.1, -0.05) is 20.8 Å². The molecule has 9 heteroatoms. The highest BCUT2D eigenvalue weighted by atomic mass is 32.1. The molecule has 0 amide bonds. The summed E-state index contributed by atoms with van der Waals surface area (Å²) in [6, 6.07) is 10.5. The number of hydrogen-bond acceptors (Lipinski definition) is 8. The van der Waals surface area contributed by atoms with Gasteiger partial charge >= 0.3 is 0 Å². The first-order valence-electron chi connectivity index (χ1n) is 11.8. The van der Waals surface area contributed by atoms with Crippen LogP contribution in [0.15, 0.2) is 41.5 Å². The Balaban J connectivity index is 1.56. The number of thiophene rings is 1. The van der Waals surface area contributed by atoms with Gasteiger partial charge in [-0.15, -0.1) is 11.3 Å². The average Bonchev–Trinajstić information content (AvgIpc) is 3.21. The van der Waals surface area contributed by atoms with E-state index >= 15 is 0 Å². The molecular weight excluding hydrogens is 476 g/mol. The van der Waals surface area contributed by atoms with Crippen molar-refractivity contribution in [2.24, 2.45) is 16.3 Å². The van der Waals surface area contributed by atoms with Gasteiger partial charge in [-0.2, -0.15) is 5.26 Å². The second kappa shape index (κ2) is 10.5. The fourth-order valence-electron chi connectivity index (χ4n) is 4.26. The van der Waals surface area contributed by atoms with E-state index in [1.54, 1.807) is 23.6 Å². The van der Waals surface area contributed by atoms with Gasteiger partial charge < -0.3 is 9.47 Å². The van der Waals surface area contributed by atoms with Crippen molar-refractivity contribution in [3.05, 3.63) is 68.2 Å². The van der Waals surface area contributed by atoms with Gasteiger partial charge in [0.1, 0.15) is 17.3 Å². The number of aromatic nitrogens is 1. The Kier molecular flexibility index (Phi) is 7.36. The summed E-state index contributed by atoms with van der Waals surface area (Å²) in [6.45, 7) is 9.13. The number of rotatable bonds is 7. The van der Waals surface area contributed by atoms with E-state index in [1.165, 1.54) is 17.0 Å². The maximum absolute atomic E-state index is 10.8. The Hall–Kier alpha value is -3.77. The number of hydrogen-bond donors (Lipinski definition) is 0. The fraction of sp³-hybridized carbons (Fsp3) is 0.370. The molecule has 0 saturated carbocycles. The van der Waals surface area contributed by atoms with Crippen LogP contribution >= 0.6 is 11.3 Å². The van der Waals surface area contributed by atoms with Crippen LogP contribution in [0.1, 0.15) is 55.7 Å². The zero-order chi connectivity index (χ0) is 25.9. The normalized spacial score (nSPS) is 15.4. The Bertz CT molecular complexity index is 1330. The summed E-state index contributed by atoms with van der Waals surface area (Å²) < 4.78 is 11.5. The number of benzene rings is 1. The molecule has 1 aromatic carbocycles. The maximum atomic E-state index is 10.8. The van der Waals surface area contributed by atoms with Gasteiger partial charge in [0, 0.05) is 23.2 Å². The zero-order valence-electron chi connectivity index (χ0n) is 20.8. The molecule has 0 unspecified atom stereocenters. The minimum absolute atomic E-state index is 0.111. The van der Waals surface area contributed by atoms with Crippen LogP contribution in [0.3, 0.4) is 0 Å². The summed E-state index contributed by atoms with van der Waals surface area (Å²) in [6.07, 6.45) is 5.88. The van der Waals surface area contributed by atoms with E-state index in [4.69, 9.17) is 9.47 Å². The molecule has 4 rings (SSSR count). The topological polar surface area (TPSA) is 111 Å². The molecule has 0 bridgehead atoms. The van der Waals surface area contributed by atoms with Crippen molar-refractivity contribution in [3.63, 3.8) is 0 Å². The smallest absolute Gasteiger partial charge is 0.287 e. The van der Waals surface area contributed by atoms with Crippen molar-refractivity contribution in [1.29, 1.82) is 5.26 Å². The fourth-order valence-corrected chi connectivity index (χ4v) is 5.48. The largest absolute Gasteiger partial charge is 0.490 e. The minimum Gasteiger partial charge on any atom is -0.490 e. The van der Waals surface area contributed by atoms with Crippen molar-refractivity contribution in [2.45, 2.75) is 47.0 Å². The first-order valence-corrected chi connectivity index (χ1v) is 12.6. The molecule has 2 heterocycles. The van der Waals surface area contributed by atoms with Crippen LogP contribution in [0.2, 0.25) is 0 Å². The van der Waals surface area contributed by atoms with E-state index in [9.17, 15) is 15.4 Å². The number of ether oxygens (including phenoxy) is 2. The number of nitrogens with zero attached hydrogens (tertiary/aromatic N) is 4. The molecule has 1 aliphatic carbocycles. The minimum atomic E-state index is -0.513. The van der Waals surface area contributed by atoms with Gasteiger partial charge in [0.15, 0.2) is 11.5 Å². The number of fused-ring (bicyclic) bond motifs is 1. The lowest BCUT2D eigenvalue weighted by molar-refractivity contribution is -0.385. The molecule has 0 spiro atoms. The van der Waals surface area contributed by atoms with Gasteiger partial charge in [0.2, 0.25) is 5.88 Å². The molecule has 1 atom stereocenters. The average molecular weight is 505 g/mol. The van der Waals surface area contributed by atoms with Crippen LogP contribution in [-0.4, -0.2) is 22.7 Å². The number of pyridine rings is 1. The second-order valence-corrected chi connectivity index (χ2v) is 10.8. The van der Waals surface area contributed by atoms with Crippen molar-refractivity contribution in [2.75, 3.05) is 6.61 Å². The highest BCUT2D eigenvalue weighted by Crippen LogP contribution is 2.45. The summed E-state index contributed by atoms with van der Waals surface area (Å²) in [7, 11) is 0. The quantitative estimate of drug-likeness (QED) is 0.194.